The number of hydrogen-bond acceptors (Lipinski definition) is 2. The summed E-state index contributed by atoms with van der Waals surface area (Å²) in [6, 6.07) is 13.8. The summed E-state index contributed by atoms with van der Waals surface area (Å²) in [4.78, 5) is 0. The van der Waals surface area contributed by atoms with E-state index >= 15 is 0 Å². The van der Waals surface area contributed by atoms with Gasteiger partial charge < -0.3 is 9.47 Å². The smallest absolute Gasteiger partial charge is 0.165 e. The lowest BCUT2D eigenvalue weighted by Gasteiger charge is -2.23. The Balaban J connectivity index is 2.01. The van der Waals surface area contributed by atoms with Crippen molar-refractivity contribution in [3.8, 4) is 11.5 Å². The van der Waals surface area contributed by atoms with Gasteiger partial charge in [-0.05, 0) is 29.8 Å². The molecule has 2 rings (SSSR count). The molecule has 0 heterocycles. The van der Waals surface area contributed by atoms with Crippen LogP contribution in [0.25, 0.3) is 0 Å². The van der Waals surface area contributed by atoms with Crippen molar-refractivity contribution in [1.29, 1.82) is 0 Å². The molecule has 0 bridgehead atoms. The highest BCUT2D eigenvalue weighted by Crippen LogP contribution is 2.29. The molecule has 0 aliphatic carbocycles. The van der Waals surface area contributed by atoms with Gasteiger partial charge in [0.2, 0.25) is 0 Å². The van der Waals surface area contributed by atoms with Crippen molar-refractivity contribution in [2.24, 2.45) is 5.41 Å². The van der Waals surface area contributed by atoms with Gasteiger partial charge in [-0.2, -0.15) is 0 Å². The van der Waals surface area contributed by atoms with Gasteiger partial charge in [0.1, 0.15) is 5.75 Å². The first kappa shape index (κ1) is 17.5. The highest BCUT2D eigenvalue weighted by atomic mass is 35.5. The third kappa shape index (κ3) is 5.08. The fraction of sp³-hybridized carbons (Fsp3) is 0.263. The SMILES string of the molecule is C=C(Cl)C(C)(C)COCc1ccc(F)c(Oc2ccccc2)c1. The van der Waals surface area contributed by atoms with Crippen LogP contribution in [0.4, 0.5) is 4.39 Å². The third-order valence-corrected chi connectivity index (χ3v) is 3.94. The normalized spacial score (nSPS) is 11.3. The molecule has 0 N–H and O–H groups in total. The molecule has 0 atom stereocenters. The third-order valence-electron chi connectivity index (χ3n) is 3.43. The zero-order valence-electron chi connectivity index (χ0n) is 13.3. The second-order valence-corrected chi connectivity index (χ2v) is 6.42. The van der Waals surface area contributed by atoms with Gasteiger partial charge in [-0.15, -0.1) is 0 Å². The van der Waals surface area contributed by atoms with Crippen LogP contribution < -0.4 is 4.74 Å². The van der Waals surface area contributed by atoms with E-state index in [1.54, 1.807) is 24.3 Å². The van der Waals surface area contributed by atoms with E-state index in [4.69, 9.17) is 21.1 Å². The fourth-order valence-corrected chi connectivity index (χ4v) is 1.89. The van der Waals surface area contributed by atoms with E-state index in [1.807, 2.05) is 32.0 Å². The van der Waals surface area contributed by atoms with Gasteiger partial charge >= 0.3 is 0 Å². The molecule has 2 aromatic rings. The number of halogens is 2. The molecule has 0 saturated carbocycles. The molecule has 2 nitrogen and oxygen atoms in total. The van der Waals surface area contributed by atoms with E-state index < -0.39 is 5.82 Å². The Morgan fingerprint density at radius 3 is 2.52 bits per heavy atom. The average Bonchev–Trinajstić information content (AvgIpc) is 2.51. The Morgan fingerprint density at radius 1 is 1.17 bits per heavy atom. The summed E-state index contributed by atoms with van der Waals surface area (Å²) in [7, 11) is 0. The molecule has 0 fully saturated rings. The molecule has 23 heavy (non-hydrogen) atoms. The first-order valence-corrected chi connectivity index (χ1v) is 7.70. The quantitative estimate of drug-likeness (QED) is 0.626. The van der Waals surface area contributed by atoms with Crippen molar-refractivity contribution in [3.63, 3.8) is 0 Å². The molecular weight excluding hydrogens is 315 g/mol. The summed E-state index contributed by atoms with van der Waals surface area (Å²) in [6.07, 6.45) is 0. The van der Waals surface area contributed by atoms with Gasteiger partial charge in [0, 0.05) is 10.4 Å². The van der Waals surface area contributed by atoms with E-state index in [0.29, 0.717) is 24.0 Å². The molecule has 4 heteroatoms. The fourth-order valence-electron chi connectivity index (χ4n) is 1.83. The molecule has 0 aliphatic rings. The Bertz CT molecular complexity index is 668. The van der Waals surface area contributed by atoms with Gasteiger partial charge in [0.15, 0.2) is 11.6 Å². The molecule has 2 aromatic carbocycles. The van der Waals surface area contributed by atoms with E-state index in [-0.39, 0.29) is 11.2 Å². The monoisotopic (exact) mass is 334 g/mol. The van der Waals surface area contributed by atoms with Crippen molar-refractivity contribution in [1.82, 2.24) is 0 Å². The Morgan fingerprint density at radius 2 is 1.87 bits per heavy atom. The standard InChI is InChI=1S/C19H20ClFO2/c1-14(20)19(2,3)13-22-12-15-9-10-17(21)18(11-15)23-16-7-5-4-6-8-16/h4-11H,1,12-13H2,2-3H3. The Kier molecular flexibility index (Phi) is 5.80. The molecule has 0 amide bonds. The summed E-state index contributed by atoms with van der Waals surface area (Å²) in [5.41, 5.74) is 0.513. The van der Waals surface area contributed by atoms with E-state index in [9.17, 15) is 4.39 Å². The van der Waals surface area contributed by atoms with Gasteiger partial charge in [0.25, 0.3) is 0 Å². The molecule has 0 aliphatic heterocycles. The largest absolute Gasteiger partial charge is 0.454 e. The maximum atomic E-state index is 13.9. The molecule has 0 saturated heterocycles. The van der Waals surface area contributed by atoms with Crippen molar-refractivity contribution in [3.05, 3.63) is 71.5 Å². The summed E-state index contributed by atoms with van der Waals surface area (Å²) in [6.45, 7) is 8.43. The molecule has 0 aromatic heterocycles. The van der Waals surface area contributed by atoms with Crippen LogP contribution in [0.5, 0.6) is 11.5 Å². The number of para-hydroxylation sites is 1. The highest BCUT2D eigenvalue weighted by molar-refractivity contribution is 6.29. The maximum absolute atomic E-state index is 13.9. The summed E-state index contributed by atoms with van der Waals surface area (Å²) in [5.74, 6) is 0.356. The first-order chi connectivity index (χ1) is 10.9. The van der Waals surface area contributed by atoms with Gasteiger partial charge in [-0.25, -0.2) is 4.39 Å². The lowest BCUT2D eigenvalue weighted by Crippen LogP contribution is -2.19. The van der Waals surface area contributed by atoms with Crippen LogP contribution in [0.2, 0.25) is 0 Å². The van der Waals surface area contributed by atoms with Crippen LogP contribution >= 0.6 is 11.6 Å². The summed E-state index contributed by atoms with van der Waals surface area (Å²) < 4.78 is 25.1. The average molecular weight is 335 g/mol. The van der Waals surface area contributed by atoms with E-state index in [0.717, 1.165) is 5.56 Å². The van der Waals surface area contributed by atoms with Gasteiger partial charge in [0.05, 0.1) is 13.2 Å². The molecule has 0 radical (unpaired) electrons. The minimum Gasteiger partial charge on any atom is -0.454 e. The number of ether oxygens (including phenoxy) is 2. The van der Waals surface area contributed by atoms with Crippen LogP contribution in [0, 0.1) is 11.2 Å². The minimum atomic E-state index is -0.410. The number of rotatable bonds is 7. The van der Waals surface area contributed by atoms with Crippen molar-refractivity contribution >= 4 is 11.6 Å². The second-order valence-electron chi connectivity index (χ2n) is 5.96. The van der Waals surface area contributed by atoms with Gasteiger partial charge in [-0.3, -0.25) is 0 Å². The Labute approximate surface area is 141 Å². The lowest BCUT2D eigenvalue weighted by molar-refractivity contribution is 0.0700. The molecule has 122 valence electrons. The van der Waals surface area contributed by atoms with Crippen LogP contribution in [-0.2, 0) is 11.3 Å². The van der Waals surface area contributed by atoms with Crippen molar-refractivity contribution in [2.45, 2.75) is 20.5 Å². The molecular formula is C19H20ClFO2. The Hall–Kier alpha value is -1.84. The number of benzene rings is 2. The first-order valence-electron chi connectivity index (χ1n) is 7.32. The predicted octanol–water partition coefficient (Wildman–Crippen LogP) is 5.91. The summed E-state index contributed by atoms with van der Waals surface area (Å²) in [5, 5.41) is 0.546. The van der Waals surface area contributed by atoms with E-state index in [2.05, 4.69) is 6.58 Å². The minimum absolute atomic E-state index is 0.179. The van der Waals surface area contributed by atoms with Crippen molar-refractivity contribution in [2.75, 3.05) is 6.61 Å². The zero-order valence-corrected chi connectivity index (χ0v) is 14.1. The molecule has 0 unspecified atom stereocenters. The van der Waals surface area contributed by atoms with Crippen molar-refractivity contribution < 1.29 is 13.9 Å². The van der Waals surface area contributed by atoms with Crippen LogP contribution in [0.1, 0.15) is 19.4 Å². The predicted molar refractivity (Wildman–Crippen MR) is 91.3 cm³/mol. The highest BCUT2D eigenvalue weighted by Gasteiger charge is 2.20. The van der Waals surface area contributed by atoms with Crippen LogP contribution in [0.3, 0.4) is 0 Å². The lowest BCUT2D eigenvalue weighted by atomic mass is 9.95. The number of hydrogen-bond donors (Lipinski definition) is 0. The van der Waals surface area contributed by atoms with Gasteiger partial charge in [-0.1, -0.05) is 56.3 Å². The topological polar surface area (TPSA) is 18.5 Å². The van der Waals surface area contributed by atoms with E-state index in [1.165, 1.54) is 6.07 Å². The summed E-state index contributed by atoms with van der Waals surface area (Å²) >= 11 is 5.94. The molecule has 0 spiro atoms. The van der Waals surface area contributed by atoms with Crippen LogP contribution in [-0.4, -0.2) is 6.61 Å². The zero-order chi connectivity index (χ0) is 16.9. The maximum Gasteiger partial charge on any atom is 0.165 e. The van der Waals surface area contributed by atoms with Crippen LogP contribution in [0.15, 0.2) is 60.1 Å². The second kappa shape index (κ2) is 7.62.